The van der Waals surface area contributed by atoms with Crippen LogP contribution in [-0.2, 0) is 9.47 Å². The Bertz CT molecular complexity index is 783. The Morgan fingerprint density at radius 3 is 1.07 bits per heavy atom. The van der Waals surface area contributed by atoms with Gasteiger partial charge in [0, 0.05) is 0 Å². The Hall–Kier alpha value is -2.10. The molecule has 4 nitrogen and oxygen atoms in total. The molecule has 0 aromatic heterocycles. The summed E-state index contributed by atoms with van der Waals surface area (Å²) >= 11 is 0. The summed E-state index contributed by atoms with van der Waals surface area (Å²) in [5.74, 6) is -0.650. The summed E-state index contributed by atoms with van der Waals surface area (Å²) in [6.45, 7) is 5.42. The molecule has 0 fully saturated rings. The van der Waals surface area contributed by atoms with Crippen molar-refractivity contribution in [2.45, 2.75) is 168 Å². The molecule has 0 radical (unpaired) electrons. The van der Waals surface area contributed by atoms with Gasteiger partial charge >= 0.3 is 11.9 Å². The number of unbranched alkanes of at least 4 members (excludes halogenated alkanes) is 21. The second kappa shape index (κ2) is 29.0. The van der Waals surface area contributed by atoms with Crippen LogP contribution in [0, 0.1) is 0 Å². The van der Waals surface area contributed by atoms with E-state index in [-0.39, 0.29) is 11.9 Å². The molecule has 1 aromatic carbocycles. The minimum absolute atomic E-state index is 0.324. The van der Waals surface area contributed by atoms with Crippen LogP contribution in [0.3, 0.4) is 0 Å². The Kier molecular flexibility index (Phi) is 26.2. The Morgan fingerprint density at radius 1 is 0.452 bits per heavy atom. The molecule has 0 amide bonds. The lowest BCUT2D eigenvalue weighted by molar-refractivity contribution is 0.0483. The van der Waals surface area contributed by atoms with Gasteiger partial charge in [-0.3, -0.25) is 0 Å². The molecule has 240 valence electrons. The highest BCUT2D eigenvalue weighted by molar-refractivity contribution is 5.93. The van der Waals surface area contributed by atoms with Crippen LogP contribution in [-0.4, -0.2) is 25.2 Å². The highest BCUT2D eigenvalue weighted by Crippen LogP contribution is 2.13. The molecule has 0 spiro atoms. The normalized spacial score (nSPS) is 11.3. The van der Waals surface area contributed by atoms with Gasteiger partial charge in [0.1, 0.15) is 0 Å². The fourth-order valence-electron chi connectivity index (χ4n) is 5.18. The van der Waals surface area contributed by atoms with E-state index in [1.54, 1.807) is 24.3 Å². The maximum atomic E-state index is 12.3. The van der Waals surface area contributed by atoms with Crippen molar-refractivity contribution in [1.82, 2.24) is 0 Å². The average molecular weight is 585 g/mol. The predicted molar refractivity (Wildman–Crippen MR) is 178 cm³/mol. The first-order valence-corrected chi connectivity index (χ1v) is 17.8. The van der Waals surface area contributed by atoms with Crippen LogP contribution in [0.25, 0.3) is 0 Å². The maximum absolute atomic E-state index is 12.3. The lowest BCUT2D eigenvalue weighted by Gasteiger charge is -2.07. The molecule has 0 aliphatic heterocycles. The molecule has 0 bridgehead atoms. The minimum Gasteiger partial charge on any atom is -0.462 e. The molecule has 0 unspecified atom stereocenters. The van der Waals surface area contributed by atoms with Crippen molar-refractivity contribution in [3.63, 3.8) is 0 Å². The van der Waals surface area contributed by atoms with E-state index in [9.17, 15) is 9.59 Å². The maximum Gasteiger partial charge on any atom is 0.338 e. The second-order valence-corrected chi connectivity index (χ2v) is 12.0. The van der Waals surface area contributed by atoms with Gasteiger partial charge in [-0.1, -0.05) is 142 Å². The average Bonchev–Trinajstić information content (AvgIpc) is 3.01. The number of esters is 2. The highest BCUT2D eigenvalue weighted by atomic mass is 16.5. The first-order valence-electron chi connectivity index (χ1n) is 17.8. The van der Waals surface area contributed by atoms with Crippen LogP contribution in [0.5, 0.6) is 0 Å². The summed E-state index contributed by atoms with van der Waals surface area (Å²) in [5.41, 5.74) is 0.956. The monoisotopic (exact) mass is 584 g/mol. The molecule has 1 aromatic rings. The summed E-state index contributed by atoms with van der Waals surface area (Å²) in [4.78, 5) is 24.6. The molecular formula is C38H64O4. The van der Waals surface area contributed by atoms with E-state index >= 15 is 0 Å². The largest absolute Gasteiger partial charge is 0.462 e. The fraction of sp³-hybridized carbons (Fsp3) is 0.737. The third-order valence-electron chi connectivity index (χ3n) is 7.98. The molecule has 0 heterocycles. The van der Waals surface area contributed by atoms with Gasteiger partial charge in [-0.15, -0.1) is 0 Å². The van der Waals surface area contributed by atoms with Crippen molar-refractivity contribution < 1.29 is 19.1 Å². The van der Waals surface area contributed by atoms with Gasteiger partial charge in [0.05, 0.1) is 24.3 Å². The van der Waals surface area contributed by atoms with E-state index in [1.807, 2.05) is 0 Å². The van der Waals surface area contributed by atoms with E-state index in [0.717, 1.165) is 25.7 Å². The third kappa shape index (κ3) is 22.5. The minimum atomic E-state index is -0.326. The van der Waals surface area contributed by atoms with Crippen LogP contribution in [0.2, 0.25) is 0 Å². The summed E-state index contributed by atoms with van der Waals surface area (Å²) in [6.07, 6.45) is 34.9. The third-order valence-corrected chi connectivity index (χ3v) is 7.98. The van der Waals surface area contributed by atoms with Gasteiger partial charge in [-0.2, -0.15) is 0 Å². The lowest BCUT2D eigenvalue weighted by atomic mass is 10.1. The lowest BCUT2D eigenvalue weighted by Crippen LogP contribution is -2.09. The van der Waals surface area contributed by atoms with Crippen LogP contribution in [0.15, 0.2) is 36.4 Å². The van der Waals surface area contributed by atoms with Gasteiger partial charge in [0.15, 0.2) is 0 Å². The molecular weight excluding hydrogens is 520 g/mol. The zero-order valence-corrected chi connectivity index (χ0v) is 27.5. The number of hydrogen-bond donors (Lipinski definition) is 0. The Labute approximate surface area is 259 Å². The number of carbonyl (C=O) groups is 2. The zero-order chi connectivity index (χ0) is 30.4. The number of allylic oxidation sites excluding steroid dienone is 2. The topological polar surface area (TPSA) is 52.6 Å². The number of rotatable bonds is 29. The molecule has 4 heteroatoms. The molecule has 1 rings (SSSR count). The van der Waals surface area contributed by atoms with Crippen LogP contribution < -0.4 is 0 Å². The van der Waals surface area contributed by atoms with E-state index in [1.165, 1.54) is 128 Å². The van der Waals surface area contributed by atoms with Crippen LogP contribution in [0.4, 0.5) is 0 Å². The molecule has 0 atom stereocenters. The quantitative estimate of drug-likeness (QED) is 0.0534. The van der Waals surface area contributed by atoms with Gasteiger partial charge in [-0.05, 0) is 62.8 Å². The van der Waals surface area contributed by atoms with Gasteiger partial charge in [-0.25, -0.2) is 9.59 Å². The van der Waals surface area contributed by atoms with Crippen molar-refractivity contribution in [2.24, 2.45) is 0 Å². The number of hydrogen-bond acceptors (Lipinski definition) is 4. The smallest absolute Gasteiger partial charge is 0.338 e. The van der Waals surface area contributed by atoms with E-state index < -0.39 is 0 Å². The molecule has 0 saturated heterocycles. The first kappa shape index (κ1) is 37.9. The van der Waals surface area contributed by atoms with Gasteiger partial charge in [0.2, 0.25) is 0 Å². The van der Waals surface area contributed by atoms with Crippen LogP contribution in [0.1, 0.15) is 189 Å². The number of benzene rings is 1. The fourth-order valence-corrected chi connectivity index (χ4v) is 5.18. The Morgan fingerprint density at radius 2 is 0.738 bits per heavy atom. The molecule has 42 heavy (non-hydrogen) atoms. The van der Waals surface area contributed by atoms with Crippen molar-refractivity contribution in [3.05, 3.63) is 47.5 Å². The summed E-state index contributed by atoms with van der Waals surface area (Å²) in [7, 11) is 0. The molecule has 0 N–H and O–H groups in total. The zero-order valence-electron chi connectivity index (χ0n) is 27.5. The predicted octanol–water partition coefficient (Wildman–Crippen LogP) is 12.0. The highest BCUT2D eigenvalue weighted by Gasteiger charge is 2.11. The first-order chi connectivity index (χ1) is 20.7. The van der Waals surface area contributed by atoms with Crippen molar-refractivity contribution in [3.8, 4) is 0 Å². The Balaban J connectivity index is 1.98. The van der Waals surface area contributed by atoms with Crippen molar-refractivity contribution in [2.75, 3.05) is 13.2 Å². The van der Waals surface area contributed by atoms with Gasteiger partial charge < -0.3 is 9.47 Å². The molecule has 0 saturated carbocycles. The van der Waals surface area contributed by atoms with E-state index in [2.05, 4.69) is 26.0 Å². The molecule has 0 aliphatic rings. The molecule has 0 aliphatic carbocycles. The van der Waals surface area contributed by atoms with Gasteiger partial charge in [0.25, 0.3) is 0 Å². The van der Waals surface area contributed by atoms with Crippen molar-refractivity contribution >= 4 is 11.9 Å². The second-order valence-electron chi connectivity index (χ2n) is 12.0. The standard InChI is InChI=1S/C38H64O4/c1-3-5-7-9-11-13-15-16-17-18-19-20-22-24-26-28-34-42-38(40)36-31-29-35(30-32-36)37(39)41-33-27-25-23-21-14-12-10-8-6-4-2/h16-17,29-32H,3-15,18-28,33-34H2,1-2H3/b17-16-. The summed E-state index contributed by atoms with van der Waals surface area (Å²) in [5, 5.41) is 0. The van der Waals surface area contributed by atoms with Crippen molar-refractivity contribution in [1.29, 1.82) is 0 Å². The summed E-state index contributed by atoms with van der Waals surface area (Å²) < 4.78 is 10.8. The number of carbonyl (C=O) groups excluding carboxylic acids is 2. The van der Waals surface area contributed by atoms with E-state index in [4.69, 9.17) is 9.47 Å². The van der Waals surface area contributed by atoms with Crippen LogP contribution >= 0.6 is 0 Å². The number of ether oxygens (including phenoxy) is 2. The SMILES string of the molecule is CCCCCCCC/C=C\CCCCCCCCOC(=O)c1ccc(C(=O)OCCCCCCCCCCCC)cc1. The summed E-state index contributed by atoms with van der Waals surface area (Å²) in [6, 6.07) is 6.62. The van der Waals surface area contributed by atoms with E-state index in [0.29, 0.717) is 24.3 Å².